The van der Waals surface area contributed by atoms with Crippen molar-refractivity contribution in [2.75, 3.05) is 6.61 Å². The average molecular weight is 270 g/mol. The maximum absolute atomic E-state index is 10.4. The predicted octanol–water partition coefficient (Wildman–Crippen LogP) is 3.76. The molecule has 0 amide bonds. The van der Waals surface area contributed by atoms with Gasteiger partial charge in [0.1, 0.15) is 6.10 Å². The van der Waals surface area contributed by atoms with Crippen molar-refractivity contribution in [3.63, 3.8) is 0 Å². The minimum absolute atomic E-state index is 0.245. The third-order valence-electron chi connectivity index (χ3n) is 3.40. The van der Waals surface area contributed by atoms with E-state index >= 15 is 0 Å². The van der Waals surface area contributed by atoms with Crippen molar-refractivity contribution in [2.45, 2.75) is 32.0 Å². The second-order valence-electron chi connectivity index (χ2n) is 4.88. The summed E-state index contributed by atoms with van der Waals surface area (Å²) in [6.07, 6.45) is 0.824. The van der Waals surface area contributed by atoms with Gasteiger partial charge in [0.15, 0.2) is 0 Å². The molecule has 2 unspecified atom stereocenters. The number of aryl methyl sites for hydroxylation is 1. The minimum Gasteiger partial charge on any atom is -0.390 e. The summed E-state index contributed by atoms with van der Waals surface area (Å²) >= 11 is 0. The zero-order chi connectivity index (χ0) is 14.2. The Morgan fingerprint density at radius 3 is 2.15 bits per heavy atom. The normalized spacial score (nSPS) is 13.9. The van der Waals surface area contributed by atoms with Gasteiger partial charge >= 0.3 is 0 Å². The molecule has 2 aromatic rings. The molecule has 0 aliphatic rings. The molecule has 2 rings (SSSR count). The lowest BCUT2D eigenvalue weighted by Crippen LogP contribution is -2.22. The molecule has 20 heavy (non-hydrogen) atoms. The molecule has 0 saturated heterocycles. The molecule has 0 aromatic heterocycles. The number of hydrogen-bond acceptors (Lipinski definition) is 2. The number of hydrogen-bond donors (Lipinski definition) is 1. The van der Waals surface area contributed by atoms with E-state index in [1.54, 1.807) is 0 Å². The van der Waals surface area contributed by atoms with E-state index in [9.17, 15) is 5.11 Å². The molecular weight excluding hydrogens is 248 g/mol. The highest BCUT2D eigenvalue weighted by molar-refractivity contribution is 5.19. The van der Waals surface area contributed by atoms with Gasteiger partial charge in [0.05, 0.1) is 6.10 Å². The van der Waals surface area contributed by atoms with Gasteiger partial charge < -0.3 is 9.84 Å². The molecule has 0 radical (unpaired) electrons. The molecular formula is C18H22O2. The van der Waals surface area contributed by atoms with Crippen LogP contribution in [0.5, 0.6) is 0 Å². The molecule has 2 aromatic carbocycles. The third-order valence-corrected chi connectivity index (χ3v) is 3.40. The van der Waals surface area contributed by atoms with Gasteiger partial charge in [0, 0.05) is 6.61 Å². The van der Waals surface area contributed by atoms with Crippen LogP contribution in [0.3, 0.4) is 0 Å². The van der Waals surface area contributed by atoms with Gasteiger partial charge in [-0.15, -0.1) is 0 Å². The highest BCUT2D eigenvalue weighted by atomic mass is 16.5. The van der Waals surface area contributed by atoms with E-state index in [1.807, 2.05) is 55.5 Å². The van der Waals surface area contributed by atoms with Crippen LogP contribution >= 0.6 is 0 Å². The van der Waals surface area contributed by atoms with Gasteiger partial charge in [-0.1, -0.05) is 60.7 Å². The third kappa shape index (κ3) is 4.19. The standard InChI is InChI=1S/C18H22O2/c1-2-20-18(16-11-7-4-8-12-16)17(19)14-13-15-9-5-3-6-10-15/h3-12,17-19H,2,13-14H2,1H3. The SMILES string of the molecule is CCOC(c1ccccc1)C(O)CCc1ccccc1. The Balaban J connectivity index is 1.99. The minimum atomic E-state index is -0.488. The number of aliphatic hydroxyl groups excluding tert-OH is 1. The Bertz CT molecular complexity index is 481. The van der Waals surface area contributed by atoms with Crippen LogP contribution in [0.25, 0.3) is 0 Å². The van der Waals surface area contributed by atoms with Crippen molar-refractivity contribution in [3.05, 3.63) is 71.8 Å². The van der Waals surface area contributed by atoms with Crippen molar-refractivity contribution in [1.82, 2.24) is 0 Å². The van der Waals surface area contributed by atoms with Crippen LogP contribution in [0.2, 0.25) is 0 Å². The van der Waals surface area contributed by atoms with Crippen LogP contribution in [-0.4, -0.2) is 17.8 Å². The summed E-state index contributed by atoms with van der Waals surface area (Å²) in [7, 11) is 0. The van der Waals surface area contributed by atoms with E-state index in [1.165, 1.54) is 5.56 Å². The van der Waals surface area contributed by atoms with E-state index in [4.69, 9.17) is 4.74 Å². The summed E-state index contributed by atoms with van der Waals surface area (Å²) in [6.45, 7) is 2.56. The highest BCUT2D eigenvalue weighted by Crippen LogP contribution is 2.24. The Hall–Kier alpha value is -1.64. The second kappa shape index (κ2) is 7.83. The summed E-state index contributed by atoms with van der Waals surface area (Å²) in [5.41, 5.74) is 2.28. The Morgan fingerprint density at radius 2 is 1.55 bits per heavy atom. The van der Waals surface area contributed by atoms with Crippen molar-refractivity contribution in [2.24, 2.45) is 0 Å². The molecule has 0 bridgehead atoms. The summed E-state index contributed by atoms with van der Waals surface area (Å²) < 4.78 is 5.73. The summed E-state index contributed by atoms with van der Waals surface area (Å²) in [4.78, 5) is 0. The molecule has 106 valence electrons. The van der Waals surface area contributed by atoms with Gasteiger partial charge in [-0.2, -0.15) is 0 Å². The Labute approximate surface area is 121 Å². The molecule has 0 fully saturated rings. The number of aliphatic hydroxyl groups is 1. The summed E-state index contributed by atoms with van der Waals surface area (Å²) in [5, 5.41) is 10.4. The number of rotatable bonds is 7. The van der Waals surface area contributed by atoms with Crippen molar-refractivity contribution in [1.29, 1.82) is 0 Å². The van der Waals surface area contributed by atoms with E-state index in [-0.39, 0.29) is 6.10 Å². The smallest absolute Gasteiger partial charge is 0.108 e. The van der Waals surface area contributed by atoms with E-state index < -0.39 is 6.10 Å². The first-order valence-electron chi connectivity index (χ1n) is 7.19. The summed E-state index contributed by atoms with van der Waals surface area (Å²) in [5.74, 6) is 0. The monoisotopic (exact) mass is 270 g/mol. The number of benzene rings is 2. The van der Waals surface area contributed by atoms with Gasteiger partial charge in [-0.05, 0) is 30.9 Å². The topological polar surface area (TPSA) is 29.5 Å². The van der Waals surface area contributed by atoms with Crippen molar-refractivity contribution in [3.8, 4) is 0 Å². The Kier molecular flexibility index (Phi) is 5.78. The first-order chi connectivity index (χ1) is 9.81. The van der Waals surface area contributed by atoms with Gasteiger partial charge in [0.25, 0.3) is 0 Å². The fourth-order valence-electron chi connectivity index (χ4n) is 2.36. The van der Waals surface area contributed by atoms with E-state index in [2.05, 4.69) is 12.1 Å². The van der Waals surface area contributed by atoms with Crippen LogP contribution < -0.4 is 0 Å². The molecule has 0 saturated carbocycles. The maximum atomic E-state index is 10.4. The molecule has 2 nitrogen and oxygen atoms in total. The fraction of sp³-hybridized carbons (Fsp3) is 0.333. The number of ether oxygens (including phenoxy) is 1. The molecule has 2 atom stereocenters. The second-order valence-corrected chi connectivity index (χ2v) is 4.88. The van der Waals surface area contributed by atoms with Crippen molar-refractivity contribution >= 4 is 0 Å². The van der Waals surface area contributed by atoms with Crippen LogP contribution in [0.1, 0.15) is 30.6 Å². The van der Waals surface area contributed by atoms with E-state index in [0.717, 1.165) is 12.0 Å². The Morgan fingerprint density at radius 1 is 0.950 bits per heavy atom. The lowest BCUT2D eigenvalue weighted by Gasteiger charge is -2.23. The van der Waals surface area contributed by atoms with E-state index in [0.29, 0.717) is 13.0 Å². The fourth-order valence-corrected chi connectivity index (χ4v) is 2.36. The molecule has 0 aliphatic carbocycles. The molecule has 2 heteroatoms. The van der Waals surface area contributed by atoms with Gasteiger partial charge in [-0.25, -0.2) is 0 Å². The zero-order valence-corrected chi connectivity index (χ0v) is 11.9. The zero-order valence-electron chi connectivity index (χ0n) is 11.9. The van der Waals surface area contributed by atoms with Gasteiger partial charge in [-0.3, -0.25) is 0 Å². The van der Waals surface area contributed by atoms with Crippen LogP contribution in [0.15, 0.2) is 60.7 Å². The molecule has 0 heterocycles. The predicted molar refractivity (Wildman–Crippen MR) is 81.6 cm³/mol. The molecule has 0 spiro atoms. The largest absolute Gasteiger partial charge is 0.390 e. The highest BCUT2D eigenvalue weighted by Gasteiger charge is 2.21. The van der Waals surface area contributed by atoms with Gasteiger partial charge in [0.2, 0.25) is 0 Å². The quantitative estimate of drug-likeness (QED) is 0.830. The first kappa shape index (κ1) is 14.8. The maximum Gasteiger partial charge on any atom is 0.108 e. The lowest BCUT2D eigenvalue weighted by atomic mass is 9.98. The van der Waals surface area contributed by atoms with Crippen LogP contribution in [0.4, 0.5) is 0 Å². The van der Waals surface area contributed by atoms with Crippen LogP contribution in [0, 0.1) is 0 Å². The average Bonchev–Trinajstić information content (AvgIpc) is 2.52. The summed E-state index contributed by atoms with van der Waals surface area (Å²) in [6, 6.07) is 20.2. The first-order valence-corrected chi connectivity index (χ1v) is 7.19. The molecule has 0 aliphatic heterocycles. The lowest BCUT2D eigenvalue weighted by molar-refractivity contribution is -0.0375. The van der Waals surface area contributed by atoms with Crippen molar-refractivity contribution < 1.29 is 9.84 Å². The van der Waals surface area contributed by atoms with Crippen LogP contribution in [-0.2, 0) is 11.2 Å². The molecule has 1 N–H and O–H groups in total.